The maximum Gasteiger partial charge on any atom is 0.225 e. The molecule has 1 aromatic carbocycles. The monoisotopic (exact) mass is 402 g/mol. The molecular weight excluding hydrogens is 372 g/mol. The van der Waals surface area contributed by atoms with Crippen molar-refractivity contribution in [2.45, 2.75) is 48.6 Å². The number of nitrogens with one attached hydrogen (secondary N) is 1. The van der Waals surface area contributed by atoms with Gasteiger partial charge >= 0.3 is 0 Å². The highest BCUT2D eigenvalue weighted by Crippen LogP contribution is 2.41. The molecule has 1 saturated carbocycles. The van der Waals surface area contributed by atoms with Crippen LogP contribution in [-0.4, -0.2) is 43.6 Å². The van der Waals surface area contributed by atoms with Gasteiger partial charge in [-0.2, -0.15) is 0 Å². The van der Waals surface area contributed by atoms with Gasteiger partial charge in [0.15, 0.2) is 5.03 Å². The zero-order chi connectivity index (χ0) is 19.7. The minimum Gasteiger partial charge on any atom is -0.370 e. The number of aromatic nitrogens is 2. The van der Waals surface area contributed by atoms with Crippen LogP contribution < -0.4 is 10.2 Å². The maximum atomic E-state index is 12.8. The zero-order valence-electron chi connectivity index (χ0n) is 16.7. The summed E-state index contributed by atoms with van der Waals surface area (Å²) < 4.78 is 27.3. The van der Waals surface area contributed by atoms with Gasteiger partial charge in [0.1, 0.15) is 0 Å². The first kappa shape index (κ1) is 19.5. The van der Waals surface area contributed by atoms with E-state index in [1.54, 1.807) is 29.9 Å². The van der Waals surface area contributed by atoms with E-state index in [1.807, 2.05) is 12.1 Å². The molecule has 0 bridgehead atoms. The second-order valence-electron chi connectivity index (χ2n) is 8.26. The molecule has 1 aliphatic carbocycles. The summed E-state index contributed by atoms with van der Waals surface area (Å²) in [5.41, 5.74) is 0.969. The van der Waals surface area contributed by atoms with Crippen molar-refractivity contribution in [1.82, 2.24) is 14.9 Å². The number of nitrogens with zero attached hydrogens (tertiary/aromatic N) is 3. The zero-order valence-corrected chi connectivity index (χ0v) is 17.5. The van der Waals surface area contributed by atoms with Gasteiger partial charge in [0, 0.05) is 38.1 Å². The summed E-state index contributed by atoms with van der Waals surface area (Å²) in [6, 6.07) is 7.74. The Labute approximate surface area is 167 Å². The number of sulfone groups is 1. The van der Waals surface area contributed by atoms with Gasteiger partial charge in [0.05, 0.1) is 11.2 Å². The van der Waals surface area contributed by atoms with Gasteiger partial charge in [-0.1, -0.05) is 25.8 Å². The third-order valence-electron chi connectivity index (χ3n) is 6.04. The van der Waals surface area contributed by atoms with E-state index < -0.39 is 9.84 Å². The van der Waals surface area contributed by atoms with Crippen LogP contribution in [0.5, 0.6) is 0 Å². The van der Waals surface area contributed by atoms with Crippen LogP contribution in [0.2, 0.25) is 0 Å². The van der Waals surface area contributed by atoms with Crippen molar-refractivity contribution in [1.29, 1.82) is 0 Å². The van der Waals surface area contributed by atoms with Gasteiger partial charge in [0.2, 0.25) is 9.84 Å². The minimum absolute atomic E-state index is 0.0965. The quantitative estimate of drug-likeness (QED) is 0.735. The van der Waals surface area contributed by atoms with E-state index >= 15 is 0 Å². The topological polar surface area (TPSA) is 67.2 Å². The summed E-state index contributed by atoms with van der Waals surface area (Å²) in [6.07, 6.45) is 8.18. The Morgan fingerprint density at radius 3 is 2.89 bits per heavy atom. The largest absolute Gasteiger partial charge is 0.370 e. The fourth-order valence-electron chi connectivity index (χ4n) is 4.26. The average Bonchev–Trinajstić information content (AvgIpc) is 3.07. The summed E-state index contributed by atoms with van der Waals surface area (Å²) in [5, 5.41) is 3.83. The summed E-state index contributed by atoms with van der Waals surface area (Å²) in [6.45, 7) is 5.27. The van der Waals surface area contributed by atoms with Crippen LogP contribution in [0.15, 0.2) is 46.7 Å². The standard InChI is InChI=1S/C21H30N4O2S/c1-3-5-16-10-17(16)12-22-18-8-9-25(13-18)19-6-4-7-20(11-19)28(26,27)21-14-24(2)15-23-21/h4,6-7,11,14-18,22H,3,5,8-10,12-13H2,1-2H3/t16?,17?,18-/m1/s1. The van der Waals surface area contributed by atoms with Crippen LogP contribution in [0.3, 0.4) is 0 Å². The highest BCUT2D eigenvalue weighted by atomic mass is 32.2. The molecule has 6 nitrogen and oxygen atoms in total. The SMILES string of the molecule is CCCC1CC1CN[C@@H]1CCN(c2cccc(S(=O)(=O)c3cn(C)cn3)c2)C1. The minimum atomic E-state index is -3.58. The summed E-state index contributed by atoms with van der Waals surface area (Å²) in [7, 11) is -1.81. The number of rotatable bonds is 8. The molecule has 0 spiro atoms. The molecule has 152 valence electrons. The Hall–Kier alpha value is -1.86. The van der Waals surface area contributed by atoms with Gasteiger partial charge in [-0.3, -0.25) is 0 Å². The smallest absolute Gasteiger partial charge is 0.225 e. The maximum absolute atomic E-state index is 12.8. The molecule has 2 fully saturated rings. The third-order valence-corrected chi connectivity index (χ3v) is 7.67. The predicted molar refractivity (Wildman–Crippen MR) is 110 cm³/mol. The number of hydrogen-bond acceptors (Lipinski definition) is 5. The molecule has 2 unspecified atom stereocenters. The van der Waals surface area contributed by atoms with E-state index in [0.717, 1.165) is 43.6 Å². The highest BCUT2D eigenvalue weighted by Gasteiger charge is 2.36. The van der Waals surface area contributed by atoms with E-state index in [2.05, 4.69) is 22.1 Å². The van der Waals surface area contributed by atoms with Gasteiger partial charge in [0.25, 0.3) is 0 Å². The molecule has 0 radical (unpaired) electrons. The Balaban J connectivity index is 1.38. The van der Waals surface area contributed by atoms with Gasteiger partial charge in [-0.25, -0.2) is 13.4 Å². The summed E-state index contributed by atoms with van der Waals surface area (Å²) in [4.78, 5) is 6.61. The fraction of sp³-hybridized carbons (Fsp3) is 0.571. The van der Waals surface area contributed by atoms with Crippen molar-refractivity contribution in [3.05, 3.63) is 36.8 Å². The Morgan fingerprint density at radius 2 is 2.14 bits per heavy atom. The van der Waals surface area contributed by atoms with Crippen molar-refractivity contribution in [3.63, 3.8) is 0 Å². The second kappa shape index (κ2) is 7.87. The number of hydrogen-bond donors (Lipinski definition) is 1. The lowest BCUT2D eigenvalue weighted by Gasteiger charge is -2.20. The van der Waals surface area contributed by atoms with Crippen molar-refractivity contribution in [2.75, 3.05) is 24.5 Å². The lowest BCUT2D eigenvalue weighted by molar-refractivity contribution is 0.506. The van der Waals surface area contributed by atoms with E-state index in [-0.39, 0.29) is 5.03 Å². The molecule has 28 heavy (non-hydrogen) atoms. The lowest BCUT2D eigenvalue weighted by Crippen LogP contribution is -2.34. The highest BCUT2D eigenvalue weighted by molar-refractivity contribution is 7.91. The summed E-state index contributed by atoms with van der Waals surface area (Å²) >= 11 is 0. The number of imidazole rings is 1. The molecule has 0 amide bonds. The summed E-state index contributed by atoms with van der Waals surface area (Å²) in [5.74, 6) is 1.80. The van der Waals surface area contributed by atoms with E-state index in [9.17, 15) is 8.42 Å². The number of benzene rings is 1. The van der Waals surface area contributed by atoms with Crippen LogP contribution in [0.4, 0.5) is 5.69 Å². The molecule has 3 atom stereocenters. The van der Waals surface area contributed by atoms with Crippen LogP contribution in [-0.2, 0) is 16.9 Å². The lowest BCUT2D eigenvalue weighted by atomic mass is 10.2. The van der Waals surface area contributed by atoms with Crippen molar-refractivity contribution in [3.8, 4) is 0 Å². The molecule has 2 aromatic rings. The van der Waals surface area contributed by atoms with E-state index in [1.165, 1.54) is 25.6 Å². The molecule has 1 aliphatic heterocycles. The van der Waals surface area contributed by atoms with Crippen LogP contribution in [0, 0.1) is 11.8 Å². The Bertz CT molecular complexity index is 924. The third kappa shape index (κ3) is 4.10. The van der Waals surface area contributed by atoms with Gasteiger partial charge in [-0.05, 0) is 49.4 Å². The molecule has 1 aromatic heterocycles. The molecule has 1 saturated heterocycles. The first-order valence-corrected chi connectivity index (χ1v) is 11.8. The molecule has 2 heterocycles. The van der Waals surface area contributed by atoms with Crippen LogP contribution in [0.1, 0.15) is 32.6 Å². The Morgan fingerprint density at radius 1 is 1.29 bits per heavy atom. The Kier molecular flexibility index (Phi) is 5.47. The number of aryl methyl sites for hydroxylation is 1. The van der Waals surface area contributed by atoms with Crippen LogP contribution >= 0.6 is 0 Å². The predicted octanol–water partition coefficient (Wildman–Crippen LogP) is 2.86. The molecular formula is C21H30N4O2S. The molecule has 2 aliphatic rings. The first-order chi connectivity index (χ1) is 13.5. The first-order valence-electron chi connectivity index (χ1n) is 10.3. The van der Waals surface area contributed by atoms with Gasteiger partial charge < -0.3 is 14.8 Å². The molecule has 1 N–H and O–H groups in total. The number of anilines is 1. The van der Waals surface area contributed by atoms with Crippen molar-refractivity contribution >= 4 is 15.5 Å². The second-order valence-corrected chi connectivity index (χ2v) is 10.2. The molecule has 4 rings (SSSR count). The van der Waals surface area contributed by atoms with E-state index in [0.29, 0.717) is 10.9 Å². The molecule has 7 heteroatoms. The normalized spacial score (nSPS) is 24.6. The van der Waals surface area contributed by atoms with Crippen molar-refractivity contribution < 1.29 is 8.42 Å². The average molecular weight is 403 g/mol. The van der Waals surface area contributed by atoms with E-state index in [4.69, 9.17) is 0 Å². The van der Waals surface area contributed by atoms with Crippen LogP contribution in [0.25, 0.3) is 0 Å². The van der Waals surface area contributed by atoms with Crippen molar-refractivity contribution in [2.24, 2.45) is 18.9 Å². The van der Waals surface area contributed by atoms with Gasteiger partial charge in [-0.15, -0.1) is 0 Å². The fourth-order valence-corrected chi connectivity index (χ4v) is 5.53.